The van der Waals surface area contributed by atoms with Crippen LogP contribution in [0.2, 0.25) is 0 Å². The second kappa shape index (κ2) is 7.28. The average Bonchev–Trinajstić information content (AvgIpc) is 2.54. The number of nitrogens with one attached hydrogen (secondary N) is 2. The number of ether oxygens (including phenoxy) is 1. The predicted octanol–water partition coefficient (Wildman–Crippen LogP) is 2.45. The molecule has 0 spiro atoms. The van der Waals surface area contributed by atoms with Crippen molar-refractivity contribution in [2.45, 2.75) is 13.5 Å². The molecule has 0 bridgehead atoms. The molecule has 5 heteroatoms. The summed E-state index contributed by atoms with van der Waals surface area (Å²) in [5.41, 5.74) is 2.29. The molecule has 5 nitrogen and oxygen atoms in total. The van der Waals surface area contributed by atoms with Crippen LogP contribution in [0.4, 0.5) is 5.69 Å². The maximum Gasteiger partial charge on any atom is 0.270 e. The molecule has 110 valence electrons. The first-order valence-electron chi connectivity index (χ1n) is 6.84. The molecule has 0 atom stereocenters. The highest BCUT2D eigenvalue weighted by Gasteiger charge is 2.07. The Morgan fingerprint density at radius 3 is 2.81 bits per heavy atom. The number of aromatic nitrogens is 1. The van der Waals surface area contributed by atoms with Crippen LogP contribution in [0.25, 0.3) is 0 Å². The smallest absolute Gasteiger partial charge is 0.270 e. The van der Waals surface area contributed by atoms with Crippen LogP contribution in [0, 0.1) is 0 Å². The van der Waals surface area contributed by atoms with E-state index < -0.39 is 0 Å². The topological polar surface area (TPSA) is 63.2 Å². The number of carbonyl (C=O) groups excluding carboxylic acids is 1. The lowest BCUT2D eigenvalue weighted by molar-refractivity contribution is 0.0946. The van der Waals surface area contributed by atoms with Crippen LogP contribution < -0.4 is 15.4 Å². The van der Waals surface area contributed by atoms with Gasteiger partial charge in [0.15, 0.2) is 0 Å². The van der Waals surface area contributed by atoms with E-state index in [1.165, 1.54) is 0 Å². The highest BCUT2D eigenvalue weighted by atomic mass is 16.5. The van der Waals surface area contributed by atoms with Crippen molar-refractivity contribution in [3.05, 3.63) is 53.9 Å². The molecule has 0 unspecified atom stereocenters. The molecule has 0 saturated carbocycles. The number of rotatable bonds is 6. The summed E-state index contributed by atoms with van der Waals surface area (Å²) in [6.07, 6.45) is 1.66. The molecule has 2 aromatic rings. The maximum absolute atomic E-state index is 12.0. The SMILES string of the molecule is CCNc1ccc(C(=O)NCc2cccc(OC)c2)nc1. The van der Waals surface area contributed by atoms with E-state index in [9.17, 15) is 4.79 Å². The number of nitrogens with zero attached hydrogens (tertiary/aromatic N) is 1. The molecule has 0 saturated heterocycles. The van der Waals surface area contributed by atoms with E-state index in [4.69, 9.17) is 4.74 Å². The normalized spacial score (nSPS) is 10.0. The maximum atomic E-state index is 12.0. The molecule has 21 heavy (non-hydrogen) atoms. The summed E-state index contributed by atoms with van der Waals surface area (Å²) < 4.78 is 5.15. The molecule has 2 rings (SSSR count). The Hall–Kier alpha value is -2.56. The molecule has 0 fully saturated rings. The van der Waals surface area contributed by atoms with E-state index in [-0.39, 0.29) is 5.91 Å². The summed E-state index contributed by atoms with van der Waals surface area (Å²) in [7, 11) is 1.62. The summed E-state index contributed by atoms with van der Waals surface area (Å²) >= 11 is 0. The van der Waals surface area contributed by atoms with Gasteiger partial charge in [0.25, 0.3) is 5.91 Å². The van der Waals surface area contributed by atoms with Gasteiger partial charge in [-0.15, -0.1) is 0 Å². The minimum atomic E-state index is -0.194. The van der Waals surface area contributed by atoms with E-state index in [0.717, 1.165) is 23.5 Å². The number of hydrogen-bond acceptors (Lipinski definition) is 4. The molecule has 1 heterocycles. The van der Waals surface area contributed by atoms with Crippen LogP contribution in [0.15, 0.2) is 42.6 Å². The van der Waals surface area contributed by atoms with Crippen LogP contribution in [-0.2, 0) is 6.54 Å². The number of hydrogen-bond donors (Lipinski definition) is 2. The first kappa shape index (κ1) is 14.8. The van der Waals surface area contributed by atoms with Gasteiger partial charge in [0.1, 0.15) is 11.4 Å². The number of methoxy groups -OCH3 is 1. The second-order valence-corrected chi connectivity index (χ2v) is 4.50. The largest absolute Gasteiger partial charge is 0.497 e. The quantitative estimate of drug-likeness (QED) is 0.855. The van der Waals surface area contributed by atoms with Crippen molar-refractivity contribution in [2.75, 3.05) is 19.0 Å². The zero-order valence-electron chi connectivity index (χ0n) is 12.2. The van der Waals surface area contributed by atoms with Gasteiger partial charge in [0, 0.05) is 13.1 Å². The van der Waals surface area contributed by atoms with Crippen LogP contribution in [0.3, 0.4) is 0 Å². The van der Waals surface area contributed by atoms with E-state index in [0.29, 0.717) is 12.2 Å². The van der Waals surface area contributed by atoms with Crippen molar-refractivity contribution < 1.29 is 9.53 Å². The number of benzene rings is 1. The highest BCUT2D eigenvalue weighted by Crippen LogP contribution is 2.12. The van der Waals surface area contributed by atoms with Crippen LogP contribution in [-0.4, -0.2) is 24.5 Å². The van der Waals surface area contributed by atoms with Crippen molar-refractivity contribution >= 4 is 11.6 Å². The van der Waals surface area contributed by atoms with Gasteiger partial charge in [-0.05, 0) is 36.8 Å². The number of carbonyl (C=O) groups is 1. The molecule has 0 radical (unpaired) electrons. The summed E-state index contributed by atoms with van der Waals surface area (Å²) in [5, 5.41) is 5.98. The minimum absolute atomic E-state index is 0.194. The fourth-order valence-corrected chi connectivity index (χ4v) is 1.89. The number of pyridine rings is 1. The van der Waals surface area contributed by atoms with Gasteiger partial charge >= 0.3 is 0 Å². The molecule has 1 amide bonds. The van der Waals surface area contributed by atoms with Gasteiger partial charge in [-0.3, -0.25) is 4.79 Å². The van der Waals surface area contributed by atoms with E-state index in [2.05, 4.69) is 15.6 Å². The Labute approximate surface area is 124 Å². The third-order valence-electron chi connectivity index (χ3n) is 2.96. The number of amides is 1. The lowest BCUT2D eigenvalue weighted by atomic mass is 10.2. The fourth-order valence-electron chi connectivity index (χ4n) is 1.89. The van der Waals surface area contributed by atoms with Crippen LogP contribution in [0.5, 0.6) is 5.75 Å². The van der Waals surface area contributed by atoms with Gasteiger partial charge in [-0.1, -0.05) is 12.1 Å². The minimum Gasteiger partial charge on any atom is -0.497 e. The predicted molar refractivity (Wildman–Crippen MR) is 82.6 cm³/mol. The summed E-state index contributed by atoms with van der Waals surface area (Å²) in [6, 6.07) is 11.1. The van der Waals surface area contributed by atoms with E-state index in [1.54, 1.807) is 19.4 Å². The molecule has 0 aliphatic heterocycles. The third kappa shape index (κ3) is 4.21. The van der Waals surface area contributed by atoms with Crippen LogP contribution >= 0.6 is 0 Å². The van der Waals surface area contributed by atoms with Gasteiger partial charge in [0.05, 0.1) is 19.0 Å². The molecule has 1 aromatic carbocycles. The first-order chi connectivity index (χ1) is 10.2. The van der Waals surface area contributed by atoms with Crippen molar-refractivity contribution in [1.29, 1.82) is 0 Å². The van der Waals surface area contributed by atoms with E-state index in [1.807, 2.05) is 37.3 Å². The van der Waals surface area contributed by atoms with Gasteiger partial charge in [-0.25, -0.2) is 4.98 Å². The molecule has 0 aliphatic carbocycles. The van der Waals surface area contributed by atoms with Gasteiger partial charge in [-0.2, -0.15) is 0 Å². The highest BCUT2D eigenvalue weighted by molar-refractivity contribution is 5.92. The Morgan fingerprint density at radius 2 is 2.14 bits per heavy atom. The fraction of sp³-hybridized carbons (Fsp3) is 0.250. The Morgan fingerprint density at radius 1 is 1.29 bits per heavy atom. The average molecular weight is 285 g/mol. The summed E-state index contributed by atoms with van der Waals surface area (Å²) in [5.74, 6) is 0.579. The van der Waals surface area contributed by atoms with Crippen molar-refractivity contribution in [3.63, 3.8) is 0 Å². The zero-order valence-corrected chi connectivity index (χ0v) is 12.2. The molecular formula is C16H19N3O2. The van der Waals surface area contributed by atoms with Crippen molar-refractivity contribution in [2.24, 2.45) is 0 Å². The molecule has 0 aliphatic rings. The number of anilines is 1. The second-order valence-electron chi connectivity index (χ2n) is 4.50. The standard InChI is InChI=1S/C16H19N3O2/c1-3-17-13-7-8-15(18-11-13)16(20)19-10-12-5-4-6-14(9-12)21-2/h4-9,11,17H,3,10H2,1-2H3,(H,19,20). The third-order valence-corrected chi connectivity index (χ3v) is 2.96. The van der Waals surface area contributed by atoms with Gasteiger partial charge < -0.3 is 15.4 Å². The molecular weight excluding hydrogens is 266 g/mol. The lowest BCUT2D eigenvalue weighted by Crippen LogP contribution is -2.23. The zero-order chi connectivity index (χ0) is 15.1. The van der Waals surface area contributed by atoms with Crippen molar-refractivity contribution in [3.8, 4) is 5.75 Å². The van der Waals surface area contributed by atoms with Gasteiger partial charge in [0.2, 0.25) is 0 Å². The summed E-state index contributed by atoms with van der Waals surface area (Å²) in [4.78, 5) is 16.2. The Kier molecular flexibility index (Phi) is 5.15. The first-order valence-corrected chi connectivity index (χ1v) is 6.84. The molecule has 1 aromatic heterocycles. The van der Waals surface area contributed by atoms with Crippen LogP contribution in [0.1, 0.15) is 23.0 Å². The monoisotopic (exact) mass is 285 g/mol. The Balaban J connectivity index is 1.94. The lowest BCUT2D eigenvalue weighted by Gasteiger charge is -2.07. The Bertz CT molecular complexity index is 597. The van der Waals surface area contributed by atoms with Crippen molar-refractivity contribution in [1.82, 2.24) is 10.3 Å². The van der Waals surface area contributed by atoms with E-state index >= 15 is 0 Å². The summed E-state index contributed by atoms with van der Waals surface area (Å²) in [6.45, 7) is 3.27. The molecule has 2 N–H and O–H groups in total.